The van der Waals surface area contributed by atoms with Crippen LogP contribution in [0.2, 0.25) is 0 Å². The first-order chi connectivity index (χ1) is 6.20. The number of hydrogen-bond donors (Lipinski definition) is 1. The molecule has 0 radical (unpaired) electrons. The van der Waals surface area contributed by atoms with E-state index in [1.54, 1.807) is 16.7 Å². The van der Waals surface area contributed by atoms with Crippen LogP contribution in [0.5, 0.6) is 0 Å². The van der Waals surface area contributed by atoms with Crippen LogP contribution in [0.15, 0.2) is 29.1 Å². The Morgan fingerprint density at radius 2 is 2.38 bits per heavy atom. The number of carboxylic acid groups (broad SMARTS) is 1. The third-order valence-corrected chi connectivity index (χ3v) is 2.35. The van der Waals surface area contributed by atoms with Gasteiger partial charge in [-0.15, -0.1) is 0 Å². The van der Waals surface area contributed by atoms with E-state index in [0.29, 0.717) is 5.52 Å². The maximum Gasteiger partial charge on any atom is 0.356 e. The molecule has 0 saturated carbocycles. The minimum atomic E-state index is -1.02. The van der Waals surface area contributed by atoms with Crippen molar-refractivity contribution in [2.45, 2.75) is 0 Å². The van der Waals surface area contributed by atoms with E-state index in [9.17, 15) is 4.79 Å². The van der Waals surface area contributed by atoms with E-state index in [1.807, 2.05) is 6.07 Å². The van der Waals surface area contributed by atoms with Gasteiger partial charge in [-0.05, 0) is 28.1 Å². The van der Waals surface area contributed by atoms with Crippen molar-refractivity contribution in [1.29, 1.82) is 0 Å². The third-order valence-electron chi connectivity index (χ3n) is 1.71. The molecule has 0 atom stereocenters. The standard InChI is InChI=1S/C8H5BrN2O2/c9-5-2-1-3-11-4-10-6(7(5)11)8(12)13/h1-4H,(H,12,13). The number of aromatic nitrogens is 2. The van der Waals surface area contributed by atoms with Crippen LogP contribution in [0.4, 0.5) is 0 Å². The van der Waals surface area contributed by atoms with Crippen LogP contribution in [0, 0.1) is 0 Å². The Hall–Kier alpha value is -1.36. The Morgan fingerprint density at radius 3 is 3.08 bits per heavy atom. The minimum Gasteiger partial charge on any atom is -0.476 e. The number of halogens is 1. The molecule has 0 aromatic carbocycles. The molecule has 2 heterocycles. The van der Waals surface area contributed by atoms with E-state index in [2.05, 4.69) is 20.9 Å². The molecule has 13 heavy (non-hydrogen) atoms. The molecule has 0 aliphatic rings. The molecule has 66 valence electrons. The number of hydrogen-bond acceptors (Lipinski definition) is 2. The largest absolute Gasteiger partial charge is 0.476 e. The van der Waals surface area contributed by atoms with Crippen molar-refractivity contribution < 1.29 is 9.90 Å². The molecule has 2 aromatic rings. The molecule has 0 aliphatic carbocycles. The number of imidazole rings is 1. The Bertz CT molecular complexity index is 478. The number of rotatable bonds is 1. The lowest BCUT2D eigenvalue weighted by molar-refractivity contribution is 0.0693. The summed E-state index contributed by atoms with van der Waals surface area (Å²) < 4.78 is 2.39. The van der Waals surface area contributed by atoms with Crippen molar-refractivity contribution in [3.8, 4) is 0 Å². The van der Waals surface area contributed by atoms with E-state index in [-0.39, 0.29) is 5.69 Å². The second-order valence-corrected chi connectivity index (χ2v) is 3.36. The fourth-order valence-electron chi connectivity index (χ4n) is 1.17. The van der Waals surface area contributed by atoms with Gasteiger partial charge in [-0.25, -0.2) is 9.78 Å². The first-order valence-corrected chi connectivity index (χ1v) is 4.34. The zero-order chi connectivity index (χ0) is 9.42. The van der Waals surface area contributed by atoms with Crippen LogP contribution in [0.25, 0.3) is 5.52 Å². The van der Waals surface area contributed by atoms with Gasteiger partial charge in [0.15, 0.2) is 5.69 Å². The Morgan fingerprint density at radius 1 is 1.62 bits per heavy atom. The molecule has 0 fully saturated rings. The number of pyridine rings is 1. The van der Waals surface area contributed by atoms with E-state index in [4.69, 9.17) is 5.11 Å². The highest BCUT2D eigenvalue weighted by Crippen LogP contribution is 2.20. The summed E-state index contributed by atoms with van der Waals surface area (Å²) in [4.78, 5) is 14.5. The predicted molar refractivity (Wildman–Crippen MR) is 49.9 cm³/mol. The lowest BCUT2D eigenvalue weighted by atomic mass is 10.3. The molecule has 2 aromatic heterocycles. The summed E-state index contributed by atoms with van der Waals surface area (Å²) in [6.07, 6.45) is 3.23. The highest BCUT2D eigenvalue weighted by atomic mass is 79.9. The normalized spacial score (nSPS) is 10.5. The first kappa shape index (κ1) is 8.25. The zero-order valence-corrected chi connectivity index (χ0v) is 8.02. The topological polar surface area (TPSA) is 54.6 Å². The second kappa shape index (κ2) is 2.85. The minimum absolute atomic E-state index is 0.0625. The lowest BCUT2D eigenvalue weighted by Gasteiger charge is -1.96. The quantitative estimate of drug-likeness (QED) is 0.828. The molecule has 4 nitrogen and oxygen atoms in total. The number of carboxylic acids is 1. The van der Waals surface area contributed by atoms with Crippen LogP contribution >= 0.6 is 15.9 Å². The Labute approximate surface area is 82.0 Å². The predicted octanol–water partition coefficient (Wildman–Crippen LogP) is 1.79. The summed E-state index contributed by atoms with van der Waals surface area (Å²) >= 11 is 3.27. The smallest absolute Gasteiger partial charge is 0.356 e. The van der Waals surface area contributed by atoms with Gasteiger partial charge in [-0.3, -0.25) is 0 Å². The molecular weight excluding hydrogens is 236 g/mol. The average Bonchev–Trinajstić information content (AvgIpc) is 2.49. The number of aromatic carboxylic acids is 1. The maximum absolute atomic E-state index is 10.7. The summed E-state index contributed by atoms with van der Waals surface area (Å²) in [5.74, 6) is -1.02. The summed E-state index contributed by atoms with van der Waals surface area (Å²) in [6.45, 7) is 0. The first-order valence-electron chi connectivity index (χ1n) is 3.54. The lowest BCUT2D eigenvalue weighted by Crippen LogP contribution is -1.97. The molecule has 0 bridgehead atoms. The van der Waals surface area contributed by atoms with E-state index < -0.39 is 5.97 Å². The molecule has 0 amide bonds. The van der Waals surface area contributed by atoms with Crippen LogP contribution in [0.3, 0.4) is 0 Å². The van der Waals surface area contributed by atoms with E-state index in [1.165, 1.54) is 6.33 Å². The molecule has 5 heteroatoms. The average molecular weight is 241 g/mol. The highest BCUT2D eigenvalue weighted by molar-refractivity contribution is 9.10. The van der Waals surface area contributed by atoms with Gasteiger partial charge in [0, 0.05) is 10.7 Å². The number of nitrogens with zero attached hydrogens (tertiary/aromatic N) is 2. The van der Waals surface area contributed by atoms with Crippen molar-refractivity contribution in [1.82, 2.24) is 9.38 Å². The van der Waals surface area contributed by atoms with Gasteiger partial charge in [0.2, 0.25) is 0 Å². The molecule has 0 aliphatic heterocycles. The van der Waals surface area contributed by atoms with Gasteiger partial charge in [0.05, 0.1) is 5.52 Å². The van der Waals surface area contributed by atoms with Gasteiger partial charge in [0.25, 0.3) is 0 Å². The molecular formula is C8H5BrN2O2. The fourth-order valence-corrected chi connectivity index (χ4v) is 1.71. The number of carbonyl (C=O) groups is 1. The van der Waals surface area contributed by atoms with Crippen molar-refractivity contribution >= 4 is 27.4 Å². The maximum atomic E-state index is 10.7. The summed E-state index contributed by atoms with van der Waals surface area (Å²) in [5.41, 5.74) is 0.641. The summed E-state index contributed by atoms with van der Waals surface area (Å²) in [6, 6.07) is 3.59. The SMILES string of the molecule is O=C(O)c1ncn2cccc(Br)c12. The molecule has 0 spiro atoms. The fraction of sp³-hybridized carbons (Fsp3) is 0. The summed E-state index contributed by atoms with van der Waals surface area (Å²) in [7, 11) is 0. The van der Waals surface area contributed by atoms with Gasteiger partial charge >= 0.3 is 5.97 Å². The molecule has 1 N–H and O–H groups in total. The van der Waals surface area contributed by atoms with Crippen molar-refractivity contribution in [3.05, 3.63) is 34.8 Å². The molecule has 0 unspecified atom stereocenters. The van der Waals surface area contributed by atoms with Crippen molar-refractivity contribution in [3.63, 3.8) is 0 Å². The third kappa shape index (κ3) is 1.21. The van der Waals surface area contributed by atoms with Crippen LogP contribution in [0.1, 0.15) is 10.5 Å². The van der Waals surface area contributed by atoms with Gasteiger partial charge in [0.1, 0.15) is 6.33 Å². The van der Waals surface area contributed by atoms with E-state index in [0.717, 1.165) is 4.47 Å². The van der Waals surface area contributed by atoms with Crippen LogP contribution in [-0.4, -0.2) is 20.5 Å². The van der Waals surface area contributed by atoms with Crippen molar-refractivity contribution in [2.75, 3.05) is 0 Å². The molecule has 0 saturated heterocycles. The number of fused-ring (bicyclic) bond motifs is 1. The monoisotopic (exact) mass is 240 g/mol. The van der Waals surface area contributed by atoms with Crippen LogP contribution in [-0.2, 0) is 0 Å². The molecule has 2 rings (SSSR count). The highest BCUT2D eigenvalue weighted by Gasteiger charge is 2.13. The van der Waals surface area contributed by atoms with Crippen molar-refractivity contribution in [2.24, 2.45) is 0 Å². The Kier molecular flexibility index (Phi) is 1.81. The van der Waals surface area contributed by atoms with Gasteiger partial charge in [-0.2, -0.15) is 0 Å². The second-order valence-electron chi connectivity index (χ2n) is 2.51. The zero-order valence-electron chi connectivity index (χ0n) is 6.44. The van der Waals surface area contributed by atoms with E-state index >= 15 is 0 Å². The van der Waals surface area contributed by atoms with Gasteiger partial charge in [-0.1, -0.05) is 0 Å². The Balaban J connectivity index is 2.86. The van der Waals surface area contributed by atoms with Gasteiger partial charge < -0.3 is 9.51 Å². The summed E-state index contributed by atoms with van der Waals surface area (Å²) in [5, 5.41) is 8.80. The van der Waals surface area contributed by atoms with Crippen LogP contribution < -0.4 is 0 Å².